The Morgan fingerprint density at radius 3 is 2.65 bits per heavy atom. The molecule has 0 aromatic heterocycles. The largest absolute Gasteiger partial charge is 0.496 e. The number of hydrogen-bond acceptors (Lipinski definition) is 5. The third-order valence-electron chi connectivity index (χ3n) is 3.55. The van der Waals surface area contributed by atoms with Gasteiger partial charge in [-0.2, -0.15) is 5.10 Å². The van der Waals surface area contributed by atoms with Gasteiger partial charge >= 0.3 is 0 Å². The highest BCUT2D eigenvalue weighted by Crippen LogP contribution is 2.36. The van der Waals surface area contributed by atoms with Gasteiger partial charge in [0.1, 0.15) is 5.75 Å². The van der Waals surface area contributed by atoms with Crippen LogP contribution in [0.5, 0.6) is 17.2 Å². The van der Waals surface area contributed by atoms with Gasteiger partial charge in [-0.15, -0.1) is 0 Å². The molecule has 0 bridgehead atoms. The molecule has 1 N–H and O–H groups in total. The van der Waals surface area contributed by atoms with Gasteiger partial charge in [-0.25, -0.2) is 0 Å². The zero-order valence-corrected chi connectivity index (χ0v) is 16.2. The predicted octanol–water partition coefficient (Wildman–Crippen LogP) is 4.66. The molecule has 0 saturated carbocycles. The monoisotopic (exact) mass is 376 g/mol. The second kappa shape index (κ2) is 10.6. The molecule has 6 heteroatoms. The Balaban J connectivity index is 2.07. The summed E-state index contributed by atoms with van der Waals surface area (Å²) >= 11 is 6.35. The Labute approximate surface area is 159 Å². The summed E-state index contributed by atoms with van der Waals surface area (Å²) in [6, 6.07) is 11.5. The van der Waals surface area contributed by atoms with Gasteiger partial charge in [0.25, 0.3) is 0 Å². The summed E-state index contributed by atoms with van der Waals surface area (Å²) in [5, 5.41) is 4.77. The minimum absolute atomic E-state index is 0.510. The topological polar surface area (TPSA) is 52.1 Å². The van der Waals surface area contributed by atoms with Crippen molar-refractivity contribution < 1.29 is 14.2 Å². The summed E-state index contributed by atoms with van der Waals surface area (Å²) < 4.78 is 16.7. The number of benzene rings is 2. The van der Waals surface area contributed by atoms with Crippen molar-refractivity contribution in [2.45, 2.75) is 26.8 Å². The van der Waals surface area contributed by atoms with Crippen LogP contribution < -0.4 is 19.6 Å². The fraction of sp³-hybridized carbons (Fsp3) is 0.350. The van der Waals surface area contributed by atoms with Crippen LogP contribution in [-0.4, -0.2) is 26.5 Å². The minimum atomic E-state index is 0.510. The molecule has 0 amide bonds. The van der Waals surface area contributed by atoms with E-state index in [2.05, 4.69) is 10.5 Å². The average molecular weight is 377 g/mol. The maximum Gasteiger partial charge on any atom is 0.179 e. The fourth-order valence-electron chi connectivity index (χ4n) is 2.37. The van der Waals surface area contributed by atoms with E-state index >= 15 is 0 Å². The average Bonchev–Trinajstić information content (AvgIpc) is 2.65. The molecule has 0 aliphatic carbocycles. The minimum Gasteiger partial charge on any atom is -0.496 e. The lowest BCUT2D eigenvalue weighted by Gasteiger charge is -2.13. The van der Waals surface area contributed by atoms with Crippen LogP contribution in [0.1, 0.15) is 31.4 Å². The predicted molar refractivity (Wildman–Crippen MR) is 106 cm³/mol. The molecule has 140 valence electrons. The van der Waals surface area contributed by atoms with E-state index in [0.29, 0.717) is 36.3 Å². The zero-order valence-electron chi connectivity index (χ0n) is 15.4. The maximum absolute atomic E-state index is 6.35. The number of nitrogens with one attached hydrogen (secondary N) is 1. The van der Waals surface area contributed by atoms with Gasteiger partial charge in [-0.3, -0.25) is 0 Å². The highest BCUT2D eigenvalue weighted by Gasteiger charge is 2.11. The first-order chi connectivity index (χ1) is 12.7. The van der Waals surface area contributed by atoms with Crippen LogP contribution in [0.15, 0.2) is 41.5 Å². The number of halogens is 1. The first-order valence-electron chi connectivity index (χ1n) is 8.66. The smallest absolute Gasteiger partial charge is 0.179 e. The van der Waals surface area contributed by atoms with Crippen molar-refractivity contribution >= 4 is 17.8 Å². The van der Waals surface area contributed by atoms with Crippen molar-refractivity contribution in [1.82, 2.24) is 5.43 Å². The number of nitrogens with zero attached hydrogens (tertiary/aromatic N) is 1. The van der Waals surface area contributed by atoms with Gasteiger partial charge in [0.2, 0.25) is 0 Å². The third kappa shape index (κ3) is 5.56. The molecular formula is C20H25ClN2O3. The fourth-order valence-corrected chi connectivity index (χ4v) is 2.64. The quantitative estimate of drug-likeness (QED) is 0.484. The molecule has 0 aliphatic heterocycles. The van der Waals surface area contributed by atoms with Crippen molar-refractivity contribution in [3.63, 3.8) is 0 Å². The molecule has 0 spiro atoms. The molecular weight excluding hydrogens is 352 g/mol. The van der Waals surface area contributed by atoms with E-state index in [1.54, 1.807) is 13.3 Å². The standard InChI is InChI=1S/C20H25ClN2O3/c1-4-10-26-20-17(21)11-15(12-19(20)25-5-2)13-22-23-14-16-8-6-7-9-18(16)24-3/h6-9,11-13,23H,4-5,10,14H2,1-3H3/b22-13-. The molecule has 0 radical (unpaired) electrons. The lowest BCUT2D eigenvalue weighted by molar-refractivity contribution is 0.277. The van der Waals surface area contributed by atoms with Crippen LogP contribution >= 0.6 is 11.6 Å². The molecule has 2 aromatic rings. The van der Waals surface area contributed by atoms with Gasteiger partial charge in [0.05, 0.1) is 38.1 Å². The van der Waals surface area contributed by atoms with Crippen LogP contribution in [-0.2, 0) is 6.54 Å². The van der Waals surface area contributed by atoms with E-state index in [9.17, 15) is 0 Å². The van der Waals surface area contributed by atoms with Gasteiger partial charge in [-0.1, -0.05) is 36.7 Å². The number of ether oxygens (including phenoxy) is 3. The van der Waals surface area contributed by atoms with E-state index in [1.165, 1.54) is 0 Å². The SMILES string of the molecule is CCCOc1c(Cl)cc(/C=N\NCc2ccccc2OC)cc1OCC. The summed E-state index contributed by atoms with van der Waals surface area (Å²) in [5.74, 6) is 2.03. The number of methoxy groups -OCH3 is 1. The van der Waals surface area contributed by atoms with Crippen molar-refractivity contribution in [2.24, 2.45) is 5.10 Å². The summed E-state index contributed by atoms with van der Waals surface area (Å²) in [4.78, 5) is 0. The molecule has 0 fully saturated rings. The number of hydrogen-bond donors (Lipinski definition) is 1. The molecule has 5 nitrogen and oxygen atoms in total. The van der Waals surface area contributed by atoms with Gasteiger partial charge < -0.3 is 19.6 Å². The number of rotatable bonds is 10. The van der Waals surface area contributed by atoms with E-state index in [4.69, 9.17) is 25.8 Å². The first-order valence-corrected chi connectivity index (χ1v) is 9.04. The Morgan fingerprint density at radius 1 is 1.12 bits per heavy atom. The molecule has 0 unspecified atom stereocenters. The molecule has 2 rings (SSSR count). The highest BCUT2D eigenvalue weighted by atomic mass is 35.5. The molecule has 0 aliphatic rings. The Morgan fingerprint density at radius 2 is 1.92 bits per heavy atom. The molecule has 0 heterocycles. The summed E-state index contributed by atoms with van der Waals surface area (Å²) in [6.45, 7) is 5.65. The van der Waals surface area contributed by atoms with E-state index in [0.717, 1.165) is 23.3 Å². The van der Waals surface area contributed by atoms with Crippen LogP contribution in [0, 0.1) is 0 Å². The van der Waals surface area contributed by atoms with Crippen LogP contribution in [0.2, 0.25) is 5.02 Å². The van der Waals surface area contributed by atoms with Gasteiger partial charge in [0.15, 0.2) is 11.5 Å². The van der Waals surface area contributed by atoms with E-state index < -0.39 is 0 Å². The van der Waals surface area contributed by atoms with Crippen LogP contribution in [0.3, 0.4) is 0 Å². The van der Waals surface area contributed by atoms with Crippen molar-refractivity contribution in [2.75, 3.05) is 20.3 Å². The summed E-state index contributed by atoms with van der Waals surface area (Å²) in [7, 11) is 1.65. The Kier molecular flexibility index (Phi) is 8.09. The summed E-state index contributed by atoms with van der Waals surface area (Å²) in [6.07, 6.45) is 2.60. The van der Waals surface area contributed by atoms with Crippen LogP contribution in [0.4, 0.5) is 0 Å². The van der Waals surface area contributed by atoms with Crippen molar-refractivity contribution in [3.8, 4) is 17.2 Å². The third-order valence-corrected chi connectivity index (χ3v) is 3.83. The molecule has 26 heavy (non-hydrogen) atoms. The number of para-hydroxylation sites is 1. The maximum atomic E-state index is 6.35. The molecule has 0 saturated heterocycles. The lowest BCUT2D eigenvalue weighted by Crippen LogP contribution is -2.07. The molecule has 2 aromatic carbocycles. The highest BCUT2D eigenvalue weighted by molar-refractivity contribution is 6.32. The normalized spacial score (nSPS) is 10.8. The Bertz CT molecular complexity index is 735. The van der Waals surface area contributed by atoms with Crippen molar-refractivity contribution in [1.29, 1.82) is 0 Å². The second-order valence-electron chi connectivity index (χ2n) is 5.52. The number of hydrazone groups is 1. The van der Waals surface area contributed by atoms with E-state index in [-0.39, 0.29) is 0 Å². The van der Waals surface area contributed by atoms with E-state index in [1.807, 2.05) is 50.2 Å². The lowest BCUT2D eigenvalue weighted by atomic mass is 10.2. The van der Waals surface area contributed by atoms with Crippen molar-refractivity contribution in [3.05, 3.63) is 52.5 Å². The van der Waals surface area contributed by atoms with Crippen LogP contribution in [0.25, 0.3) is 0 Å². The molecule has 0 atom stereocenters. The zero-order chi connectivity index (χ0) is 18.8. The van der Waals surface area contributed by atoms with Gasteiger partial charge in [-0.05, 0) is 37.1 Å². The van der Waals surface area contributed by atoms with Gasteiger partial charge in [0, 0.05) is 5.56 Å². The summed E-state index contributed by atoms with van der Waals surface area (Å²) in [5.41, 5.74) is 4.88. The second-order valence-corrected chi connectivity index (χ2v) is 5.92. The first kappa shape index (κ1) is 19.9. The Hall–Kier alpha value is -2.40.